The predicted octanol–water partition coefficient (Wildman–Crippen LogP) is 8.28. The van der Waals surface area contributed by atoms with Gasteiger partial charge in [-0.15, -0.1) is 0 Å². The zero-order chi connectivity index (χ0) is 26.7. The van der Waals surface area contributed by atoms with Gasteiger partial charge in [-0.2, -0.15) is 26.3 Å². The lowest BCUT2D eigenvalue weighted by molar-refractivity contribution is -0.269. The quantitative estimate of drug-likeness (QED) is 0.147. The molecule has 1 fully saturated rings. The maximum absolute atomic E-state index is 13.6. The number of nitrogens with zero attached hydrogens (tertiary/aromatic N) is 1. The van der Waals surface area contributed by atoms with E-state index < -0.39 is 35.9 Å². The minimum Gasteiger partial charge on any atom is -0.342 e. The number of halogens is 8. The van der Waals surface area contributed by atoms with Crippen LogP contribution in [0.3, 0.4) is 0 Å². The van der Waals surface area contributed by atoms with Gasteiger partial charge in [0.15, 0.2) is 0 Å². The largest absolute Gasteiger partial charge is 0.417 e. The SMILES string of the molecule is OOC1C(c2ccc(Cc3nc4c(Cl)c(-c5ccccc5C(F)(F)F)c(Cl)cc4[nH]3)cc2)C1C(F)(F)F. The number of benzene rings is 3. The fourth-order valence-electron chi connectivity index (χ4n) is 4.66. The van der Waals surface area contributed by atoms with E-state index in [0.717, 1.165) is 6.07 Å². The van der Waals surface area contributed by atoms with Crippen LogP contribution < -0.4 is 0 Å². The van der Waals surface area contributed by atoms with Crippen molar-refractivity contribution in [2.75, 3.05) is 0 Å². The van der Waals surface area contributed by atoms with Gasteiger partial charge in [0.2, 0.25) is 0 Å². The highest BCUT2D eigenvalue weighted by Gasteiger charge is 2.66. The summed E-state index contributed by atoms with van der Waals surface area (Å²) in [6.45, 7) is 0. The normalized spacial score (nSPS) is 20.0. The van der Waals surface area contributed by atoms with Crippen LogP contribution in [0.2, 0.25) is 10.0 Å². The maximum atomic E-state index is 13.6. The molecule has 4 nitrogen and oxygen atoms in total. The Bertz CT molecular complexity index is 1470. The first-order valence-corrected chi connectivity index (χ1v) is 11.6. The summed E-state index contributed by atoms with van der Waals surface area (Å²) >= 11 is 12.8. The van der Waals surface area contributed by atoms with Crippen LogP contribution in [-0.2, 0) is 17.5 Å². The van der Waals surface area contributed by atoms with Gasteiger partial charge in [0.05, 0.1) is 27.0 Å². The Morgan fingerprint density at radius 2 is 1.65 bits per heavy atom. The van der Waals surface area contributed by atoms with E-state index in [-0.39, 0.29) is 33.1 Å². The maximum Gasteiger partial charge on any atom is 0.417 e. The zero-order valence-corrected chi connectivity index (χ0v) is 20.0. The molecule has 4 aromatic rings. The van der Waals surface area contributed by atoms with Gasteiger partial charge in [-0.1, -0.05) is 65.7 Å². The van der Waals surface area contributed by atoms with Crippen molar-refractivity contribution in [2.45, 2.75) is 30.8 Å². The van der Waals surface area contributed by atoms with Gasteiger partial charge in [0.25, 0.3) is 0 Å². The molecule has 0 bridgehead atoms. The highest BCUT2D eigenvalue weighted by atomic mass is 35.5. The Hall–Kier alpha value is -2.79. The van der Waals surface area contributed by atoms with Crippen molar-refractivity contribution in [1.82, 2.24) is 9.97 Å². The molecule has 0 spiro atoms. The number of fused-ring (bicyclic) bond motifs is 1. The van der Waals surface area contributed by atoms with Crippen molar-refractivity contribution >= 4 is 34.2 Å². The minimum atomic E-state index is -4.62. The summed E-state index contributed by atoms with van der Waals surface area (Å²) in [5, 5.41) is 8.76. The summed E-state index contributed by atoms with van der Waals surface area (Å²) in [5.74, 6) is -2.34. The highest BCUT2D eigenvalue weighted by Crippen LogP contribution is 2.57. The van der Waals surface area contributed by atoms with E-state index in [1.807, 2.05) is 0 Å². The van der Waals surface area contributed by atoms with Crippen LogP contribution in [0, 0.1) is 5.92 Å². The molecular weight excluding hydrogens is 545 g/mol. The van der Waals surface area contributed by atoms with Crippen molar-refractivity contribution in [2.24, 2.45) is 5.92 Å². The van der Waals surface area contributed by atoms with E-state index in [9.17, 15) is 26.3 Å². The number of H-pyrrole nitrogens is 1. The summed E-state index contributed by atoms with van der Waals surface area (Å²) in [6, 6.07) is 12.7. The second kappa shape index (κ2) is 9.20. The Labute approximate surface area is 215 Å². The third kappa shape index (κ3) is 4.79. The van der Waals surface area contributed by atoms with Gasteiger partial charge in [0.1, 0.15) is 17.4 Å². The molecule has 3 atom stereocenters. The number of hydrogen-bond donors (Lipinski definition) is 2. The molecule has 1 aromatic heterocycles. The first-order chi connectivity index (χ1) is 17.4. The molecule has 37 heavy (non-hydrogen) atoms. The number of aromatic amines is 1. The van der Waals surface area contributed by atoms with Gasteiger partial charge in [-0.05, 0) is 28.8 Å². The van der Waals surface area contributed by atoms with Crippen LogP contribution >= 0.6 is 23.2 Å². The molecular formula is C25H16Cl2F6N2O2. The molecule has 0 radical (unpaired) electrons. The molecule has 1 aliphatic rings. The van der Waals surface area contributed by atoms with Crippen LogP contribution in [0.4, 0.5) is 26.3 Å². The van der Waals surface area contributed by atoms with Gasteiger partial charge in [-0.25, -0.2) is 9.87 Å². The van der Waals surface area contributed by atoms with Crippen molar-refractivity contribution in [1.29, 1.82) is 0 Å². The van der Waals surface area contributed by atoms with E-state index in [1.165, 1.54) is 36.4 Å². The standard InChI is InChI=1S/C25H16Cl2F6N2O2/c26-15-10-16-22(21(27)19(15)13-3-1-2-4-14(13)24(28,29)30)35-17(34-16)9-11-5-7-12(8-6-11)18-20(23(18)37-36)25(31,32)33/h1-8,10,18,20,23,36H,9H2,(H,34,35). The molecule has 2 N–H and O–H groups in total. The fraction of sp³-hybridized carbons (Fsp3) is 0.240. The van der Waals surface area contributed by atoms with Gasteiger partial charge in [-0.3, -0.25) is 5.26 Å². The van der Waals surface area contributed by atoms with Crippen LogP contribution in [0.5, 0.6) is 0 Å². The molecule has 0 saturated heterocycles. The minimum absolute atomic E-state index is 0.00969. The summed E-state index contributed by atoms with van der Waals surface area (Å²) in [4.78, 5) is 11.5. The third-order valence-corrected chi connectivity index (χ3v) is 7.08. The van der Waals surface area contributed by atoms with E-state index in [4.69, 9.17) is 28.5 Å². The highest BCUT2D eigenvalue weighted by molar-refractivity contribution is 6.42. The molecule has 5 rings (SSSR count). The third-order valence-electron chi connectivity index (χ3n) is 6.41. The molecule has 1 heterocycles. The van der Waals surface area contributed by atoms with Crippen molar-refractivity contribution in [3.05, 3.63) is 87.2 Å². The first-order valence-electron chi connectivity index (χ1n) is 10.9. The Balaban J connectivity index is 1.43. The molecule has 0 amide bonds. The lowest BCUT2D eigenvalue weighted by Gasteiger charge is -2.15. The molecule has 12 heteroatoms. The summed E-state index contributed by atoms with van der Waals surface area (Å²) < 4.78 is 80.0. The number of rotatable bonds is 5. The first kappa shape index (κ1) is 25.8. The Morgan fingerprint density at radius 3 is 2.24 bits per heavy atom. The second-order valence-electron chi connectivity index (χ2n) is 8.75. The van der Waals surface area contributed by atoms with Crippen LogP contribution in [0.1, 0.15) is 28.4 Å². The van der Waals surface area contributed by atoms with E-state index >= 15 is 0 Å². The molecule has 1 saturated carbocycles. The second-order valence-corrected chi connectivity index (χ2v) is 9.54. The van der Waals surface area contributed by atoms with Crippen molar-refractivity contribution in [3.63, 3.8) is 0 Å². The van der Waals surface area contributed by atoms with Crippen LogP contribution in [-0.4, -0.2) is 27.5 Å². The topological polar surface area (TPSA) is 58.1 Å². The van der Waals surface area contributed by atoms with E-state index in [1.54, 1.807) is 12.1 Å². The monoisotopic (exact) mass is 560 g/mol. The van der Waals surface area contributed by atoms with Gasteiger partial charge < -0.3 is 4.98 Å². The number of nitrogens with one attached hydrogen (secondary N) is 1. The summed E-state index contributed by atoms with van der Waals surface area (Å²) in [6.07, 6.45) is -10.2. The van der Waals surface area contributed by atoms with Crippen molar-refractivity contribution < 1.29 is 36.5 Å². The summed E-state index contributed by atoms with van der Waals surface area (Å²) in [5.41, 5.74) is 0.689. The van der Waals surface area contributed by atoms with Crippen LogP contribution in [0.25, 0.3) is 22.2 Å². The number of aromatic nitrogens is 2. The molecule has 194 valence electrons. The van der Waals surface area contributed by atoms with Gasteiger partial charge >= 0.3 is 12.4 Å². The molecule has 3 aromatic carbocycles. The van der Waals surface area contributed by atoms with Crippen LogP contribution in [0.15, 0.2) is 54.6 Å². The Morgan fingerprint density at radius 1 is 0.973 bits per heavy atom. The number of alkyl halides is 6. The molecule has 0 aliphatic heterocycles. The average molecular weight is 561 g/mol. The van der Waals surface area contributed by atoms with Crippen molar-refractivity contribution in [3.8, 4) is 11.1 Å². The Kier molecular flexibility index (Phi) is 6.42. The van der Waals surface area contributed by atoms with Gasteiger partial charge in [0, 0.05) is 17.9 Å². The van der Waals surface area contributed by atoms with E-state index in [2.05, 4.69) is 14.9 Å². The number of hydrogen-bond acceptors (Lipinski definition) is 3. The molecule has 3 unspecified atom stereocenters. The number of imidazole rings is 1. The lowest BCUT2D eigenvalue weighted by atomic mass is 9.98. The molecule has 1 aliphatic carbocycles. The lowest BCUT2D eigenvalue weighted by Crippen LogP contribution is -2.14. The average Bonchev–Trinajstić information content (AvgIpc) is 3.45. The zero-order valence-electron chi connectivity index (χ0n) is 18.5. The fourth-order valence-corrected chi connectivity index (χ4v) is 5.36. The summed E-state index contributed by atoms with van der Waals surface area (Å²) in [7, 11) is 0. The smallest absolute Gasteiger partial charge is 0.342 e. The van der Waals surface area contributed by atoms with E-state index in [0.29, 0.717) is 22.5 Å². The predicted molar refractivity (Wildman–Crippen MR) is 126 cm³/mol.